The summed E-state index contributed by atoms with van der Waals surface area (Å²) in [5, 5.41) is 36.0. The molecule has 1 aliphatic heterocycles. The Morgan fingerprint density at radius 2 is 1.76 bits per heavy atom. The van der Waals surface area contributed by atoms with Crippen molar-refractivity contribution < 1.29 is 33.0 Å². The summed E-state index contributed by atoms with van der Waals surface area (Å²) in [6.07, 6.45) is -4.75. The van der Waals surface area contributed by atoms with Crippen molar-refractivity contribution >= 4 is 40.6 Å². The smallest absolute Gasteiger partial charge is 0.417 e. The van der Waals surface area contributed by atoms with E-state index in [1.807, 2.05) is 6.07 Å². The third-order valence-electron chi connectivity index (χ3n) is 6.34. The molecule has 8 nitrogen and oxygen atoms in total. The van der Waals surface area contributed by atoms with Gasteiger partial charge >= 0.3 is 12.1 Å². The number of hydrogen-bond donors (Lipinski definition) is 4. The number of carbonyl (C=O) groups is 2. The van der Waals surface area contributed by atoms with Crippen LogP contribution in [0.3, 0.4) is 0 Å². The third-order valence-corrected chi connectivity index (χ3v) is 6.67. The van der Waals surface area contributed by atoms with Gasteiger partial charge in [0.05, 0.1) is 39.2 Å². The van der Waals surface area contributed by atoms with Gasteiger partial charge in [0, 0.05) is 16.7 Å². The lowest BCUT2D eigenvalue weighted by Crippen LogP contribution is -2.16. The Balaban J connectivity index is 1.55. The molecule has 0 radical (unpaired) electrons. The quantitative estimate of drug-likeness (QED) is 0.154. The SMILES string of the molecule is N#Cc1ccc2c(c1-c1ccc(Cl)c(C(F)(F)F)c1)NC(=O)C2=NNc1cccc(-c2cccc(C(=O)O)c2)c1O. The fraction of sp³-hybridized carbons (Fsp3) is 0.0345. The van der Waals surface area contributed by atoms with Gasteiger partial charge in [-0.3, -0.25) is 10.2 Å². The van der Waals surface area contributed by atoms with E-state index in [1.165, 1.54) is 42.5 Å². The number of nitrogens with one attached hydrogen (secondary N) is 2. The van der Waals surface area contributed by atoms with Crippen molar-refractivity contribution in [2.45, 2.75) is 6.18 Å². The molecule has 0 bridgehead atoms. The van der Waals surface area contributed by atoms with Crippen LogP contribution in [0.4, 0.5) is 24.5 Å². The van der Waals surface area contributed by atoms with E-state index < -0.39 is 28.6 Å². The second-order valence-electron chi connectivity index (χ2n) is 8.83. The lowest BCUT2D eigenvalue weighted by atomic mass is 9.94. The maximum absolute atomic E-state index is 13.5. The van der Waals surface area contributed by atoms with Crippen molar-refractivity contribution in [2.75, 3.05) is 10.7 Å². The van der Waals surface area contributed by atoms with Gasteiger partial charge in [0.1, 0.15) is 5.75 Å². The lowest BCUT2D eigenvalue weighted by molar-refractivity contribution is -0.137. The van der Waals surface area contributed by atoms with Crippen molar-refractivity contribution in [3.8, 4) is 34.1 Å². The summed E-state index contributed by atoms with van der Waals surface area (Å²) < 4.78 is 40.6. The van der Waals surface area contributed by atoms with Crippen molar-refractivity contribution in [1.82, 2.24) is 0 Å². The minimum atomic E-state index is -4.75. The Kier molecular flexibility index (Phi) is 6.86. The van der Waals surface area contributed by atoms with Crippen molar-refractivity contribution in [1.29, 1.82) is 5.26 Å². The van der Waals surface area contributed by atoms with E-state index in [1.54, 1.807) is 18.2 Å². The standard InChI is InChI=1S/C29H16ClF3N4O4/c30-21-10-8-15(12-20(21)29(31,32)33)23-17(13-34)7-9-19-24(23)35-27(39)25(19)37-36-22-6-2-5-18(26(22)38)14-3-1-4-16(11-14)28(40)41/h1-12,36,38H,(H,40,41)(H,35,37,39). The molecule has 4 N–H and O–H groups in total. The first kappa shape index (κ1) is 27.2. The van der Waals surface area contributed by atoms with Crippen LogP contribution >= 0.6 is 11.6 Å². The van der Waals surface area contributed by atoms with E-state index in [-0.39, 0.29) is 50.7 Å². The van der Waals surface area contributed by atoms with Gasteiger partial charge in [-0.25, -0.2) is 4.79 Å². The van der Waals surface area contributed by atoms with Gasteiger partial charge in [-0.05, 0) is 53.6 Å². The zero-order valence-electron chi connectivity index (χ0n) is 20.5. The molecule has 12 heteroatoms. The Morgan fingerprint density at radius 3 is 2.46 bits per heavy atom. The number of aromatic carboxylic acids is 1. The molecule has 0 spiro atoms. The van der Waals surface area contributed by atoms with Gasteiger partial charge in [-0.2, -0.15) is 23.5 Å². The number of benzene rings is 4. The first-order valence-corrected chi connectivity index (χ1v) is 12.1. The summed E-state index contributed by atoms with van der Waals surface area (Å²) in [5.74, 6) is -2.09. The number of carboxylic acid groups (broad SMARTS) is 1. The number of carbonyl (C=O) groups excluding carboxylic acids is 1. The third kappa shape index (κ3) is 5.04. The number of halogens is 4. The molecule has 1 amide bonds. The van der Waals surface area contributed by atoms with E-state index in [9.17, 15) is 38.2 Å². The summed E-state index contributed by atoms with van der Waals surface area (Å²) >= 11 is 5.76. The summed E-state index contributed by atoms with van der Waals surface area (Å²) in [6, 6.07) is 18.5. The molecule has 1 aliphatic rings. The monoisotopic (exact) mass is 576 g/mol. The Morgan fingerprint density at radius 1 is 1.00 bits per heavy atom. The molecule has 4 aromatic carbocycles. The molecule has 0 unspecified atom stereocenters. The average molecular weight is 577 g/mol. The molecule has 0 aromatic heterocycles. The lowest BCUT2D eigenvalue weighted by Gasteiger charge is -2.14. The van der Waals surface area contributed by atoms with Crippen molar-refractivity contribution in [3.63, 3.8) is 0 Å². The van der Waals surface area contributed by atoms with E-state index >= 15 is 0 Å². The number of rotatable bonds is 5. The van der Waals surface area contributed by atoms with Gasteiger partial charge in [-0.15, -0.1) is 0 Å². The molecule has 0 saturated carbocycles. The first-order chi connectivity index (χ1) is 19.5. The molecule has 41 heavy (non-hydrogen) atoms. The summed E-state index contributed by atoms with van der Waals surface area (Å²) in [4.78, 5) is 24.3. The topological polar surface area (TPSA) is 135 Å². The molecule has 0 atom stereocenters. The van der Waals surface area contributed by atoms with E-state index in [0.29, 0.717) is 11.1 Å². The van der Waals surface area contributed by atoms with Gasteiger partial charge < -0.3 is 15.5 Å². The highest BCUT2D eigenvalue weighted by Crippen LogP contribution is 2.42. The van der Waals surface area contributed by atoms with Crippen molar-refractivity contribution in [2.24, 2.45) is 5.10 Å². The van der Waals surface area contributed by atoms with Gasteiger partial charge in [0.25, 0.3) is 5.91 Å². The Labute approximate surface area is 234 Å². The van der Waals surface area contributed by atoms with E-state index in [2.05, 4.69) is 15.8 Å². The fourth-order valence-electron chi connectivity index (χ4n) is 4.43. The van der Waals surface area contributed by atoms with E-state index in [0.717, 1.165) is 12.1 Å². The molecule has 1 heterocycles. The van der Waals surface area contributed by atoms with E-state index in [4.69, 9.17) is 11.6 Å². The summed E-state index contributed by atoms with van der Waals surface area (Å²) in [5.41, 5.74) is 2.64. The van der Waals surface area contributed by atoms with Crippen LogP contribution in [0, 0.1) is 11.3 Å². The van der Waals surface area contributed by atoms with Gasteiger partial charge in [0.2, 0.25) is 0 Å². The summed E-state index contributed by atoms with van der Waals surface area (Å²) in [6.45, 7) is 0. The minimum absolute atomic E-state index is 0.0126. The highest BCUT2D eigenvalue weighted by Gasteiger charge is 2.35. The minimum Gasteiger partial charge on any atom is -0.505 e. The molecule has 0 aliphatic carbocycles. The molecule has 5 rings (SSSR count). The number of phenolic OH excluding ortho intramolecular Hbond substituents is 1. The van der Waals surface area contributed by atoms with Gasteiger partial charge in [-0.1, -0.05) is 41.9 Å². The predicted molar refractivity (Wildman–Crippen MR) is 146 cm³/mol. The number of para-hydroxylation sites is 1. The number of hydrazone groups is 1. The molecule has 0 fully saturated rings. The fourth-order valence-corrected chi connectivity index (χ4v) is 4.65. The average Bonchev–Trinajstić information content (AvgIpc) is 3.26. The highest BCUT2D eigenvalue weighted by atomic mass is 35.5. The number of anilines is 2. The molecular weight excluding hydrogens is 561 g/mol. The molecule has 0 saturated heterocycles. The van der Waals surface area contributed by atoms with Crippen LogP contribution in [-0.4, -0.2) is 27.8 Å². The Hall–Kier alpha value is -5.34. The molecule has 204 valence electrons. The number of nitrogens with zero attached hydrogens (tertiary/aromatic N) is 2. The second-order valence-corrected chi connectivity index (χ2v) is 9.24. The van der Waals surface area contributed by atoms with Gasteiger partial charge in [0.15, 0.2) is 5.71 Å². The zero-order chi connectivity index (χ0) is 29.5. The van der Waals surface area contributed by atoms with Crippen LogP contribution < -0.4 is 10.7 Å². The first-order valence-electron chi connectivity index (χ1n) is 11.7. The highest BCUT2D eigenvalue weighted by molar-refractivity contribution is 6.54. The predicted octanol–water partition coefficient (Wildman–Crippen LogP) is 6.74. The van der Waals surface area contributed by atoms with Crippen LogP contribution in [0.15, 0.2) is 77.9 Å². The van der Waals surface area contributed by atoms with Crippen LogP contribution in [0.1, 0.15) is 27.0 Å². The maximum Gasteiger partial charge on any atom is 0.417 e. The number of amides is 1. The summed E-state index contributed by atoms with van der Waals surface area (Å²) in [7, 11) is 0. The van der Waals surface area contributed by atoms with Crippen LogP contribution in [0.25, 0.3) is 22.3 Å². The second kappa shape index (κ2) is 10.3. The van der Waals surface area contributed by atoms with Crippen LogP contribution in [0.2, 0.25) is 5.02 Å². The number of aromatic hydroxyl groups is 1. The maximum atomic E-state index is 13.5. The number of alkyl halides is 3. The van der Waals surface area contributed by atoms with Crippen molar-refractivity contribution in [3.05, 3.63) is 100 Å². The number of phenols is 1. The van der Waals surface area contributed by atoms with Crippen LogP contribution in [-0.2, 0) is 11.0 Å². The Bertz CT molecular complexity index is 1830. The number of carboxylic acids is 1. The number of hydrogen-bond acceptors (Lipinski definition) is 6. The normalized spacial score (nSPS) is 13.4. The number of fused-ring (bicyclic) bond motifs is 1. The molecule has 4 aromatic rings. The van der Waals surface area contributed by atoms with Crippen LogP contribution in [0.5, 0.6) is 5.75 Å². The largest absolute Gasteiger partial charge is 0.505 e. The molecular formula is C29H16ClF3N4O4. The number of nitriles is 1. The zero-order valence-corrected chi connectivity index (χ0v) is 21.3.